The van der Waals surface area contributed by atoms with E-state index in [-0.39, 0.29) is 10.6 Å². The minimum atomic E-state index is -1.39. The van der Waals surface area contributed by atoms with E-state index >= 15 is 0 Å². The van der Waals surface area contributed by atoms with Gasteiger partial charge in [-0.25, -0.2) is 9.59 Å². The maximum atomic E-state index is 11.6. The van der Waals surface area contributed by atoms with Crippen LogP contribution < -0.4 is 0 Å². The van der Waals surface area contributed by atoms with Crippen molar-refractivity contribution >= 4 is 29.2 Å². The number of halogens is 1. The van der Waals surface area contributed by atoms with Crippen LogP contribution in [0.1, 0.15) is 20.7 Å². The smallest absolute Gasteiger partial charge is 0.342 e. The Morgan fingerprint density at radius 1 is 1.13 bits per heavy atom. The molecule has 0 saturated carbocycles. The molecule has 0 unspecified atom stereocenters. The number of nitro benzene ring substituents is 1. The van der Waals surface area contributed by atoms with Crippen LogP contribution in [0.4, 0.5) is 5.69 Å². The summed E-state index contributed by atoms with van der Waals surface area (Å²) in [5.41, 5.74) is 0.000428. The fourth-order valence-electron chi connectivity index (χ4n) is 2.01. The topological polar surface area (TPSA) is 107 Å². The Kier molecular flexibility index (Phi) is 4.61. The van der Waals surface area contributed by atoms with Crippen molar-refractivity contribution in [2.45, 2.75) is 0 Å². The number of carboxylic acid groups (broad SMARTS) is 1. The van der Waals surface area contributed by atoms with Crippen LogP contribution in [0.2, 0.25) is 5.02 Å². The molecule has 0 fully saturated rings. The number of rotatable bonds is 4. The number of carbonyl (C=O) groups is 2. The zero-order chi connectivity index (χ0) is 17.1. The van der Waals surface area contributed by atoms with Gasteiger partial charge in [0.25, 0.3) is 5.69 Å². The minimum Gasteiger partial charge on any atom is -0.477 e. The van der Waals surface area contributed by atoms with Gasteiger partial charge in [-0.15, -0.1) is 0 Å². The standard InChI is InChI=1S/C15H10ClNO6/c1-23-15(20)11-6-8(3-5-12(11)16)9-2-4-10(14(18)19)13(7-9)17(21)22/h2-7H,1H3,(H,18,19). The van der Waals surface area contributed by atoms with Crippen molar-refractivity contribution in [3.63, 3.8) is 0 Å². The number of aromatic carboxylic acids is 1. The van der Waals surface area contributed by atoms with E-state index in [0.717, 1.165) is 12.1 Å². The fourth-order valence-corrected chi connectivity index (χ4v) is 2.21. The van der Waals surface area contributed by atoms with Crippen LogP contribution in [0.15, 0.2) is 36.4 Å². The van der Waals surface area contributed by atoms with E-state index in [9.17, 15) is 19.7 Å². The lowest BCUT2D eigenvalue weighted by molar-refractivity contribution is -0.385. The van der Waals surface area contributed by atoms with Gasteiger partial charge < -0.3 is 9.84 Å². The zero-order valence-electron chi connectivity index (χ0n) is 11.8. The number of carbonyl (C=O) groups excluding carboxylic acids is 1. The molecule has 118 valence electrons. The summed E-state index contributed by atoms with van der Waals surface area (Å²) >= 11 is 5.92. The van der Waals surface area contributed by atoms with Crippen LogP contribution in [0, 0.1) is 10.1 Å². The molecule has 23 heavy (non-hydrogen) atoms. The summed E-state index contributed by atoms with van der Waals surface area (Å²) in [6, 6.07) is 8.14. The van der Waals surface area contributed by atoms with E-state index in [0.29, 0.717) is 11.1 Å². The summed E-state index contributed by atoms with van der Waals surface area (Å²) in [5.74, 6) is -2.04. The number of esters is 1. The average Bonchev–Trinajstić information content (AvgIpc) is 2.53. The Balaban J connectivity index is 2.59. The molecule has 0 amide bonds. The Labute approximate surface area is 135 Å². The molecule has 0 aromatic heterocycles. The zero-order valence-corrected chi connectivity index (χ0v) is 12.5. The summed E-state index contributed by atoms with van der Waals surface area (Å²) < 4.78 is 4.61. The van der Waals surface area contributed by atoms with Crippen molar-refractivity contribution in [3.8, 4) is 11.1 Å². The van der Waals surface area contributed by atoms with Gasteiger partial charge in [-0.3, -0.25) is 10.1 Å². The first kappa shape index (κ1) is 16.4. The fraction of sp³-hybridized carbons (Fsp3) is 0.0667. The van der Waals surface area contributed by atoms with E-state index in [1.54, 1.807) is 6.07 Å². The molecule has 2 aromatic carbocycles. The van der Waals surface area contributed by atoms with Crippen LogP contribution in [0.5, 0.6) is 0 Å². The molecule has 0 aliphatic rings. The van der Waals surface area contributed by atoms with Crippen molar-refractivity contribution in [1.82, 2.24) is 0 Å². The molecule has 0 aliphatic carbocycles. The van der Waals surface area contributed by atoms with Crippen molar-refractivity contribution in [2.75, 3.05) is 7.11 Å². The molecule has 0 spiro atoms. The third kappa shape index (κ3) is 3.29. The minimum absolute atomic E-state index is 0.108. The molecule has 0 heterocycles. The molecular formula is C15H10ClNO6. The number of hydrogen-bond donors (Lipinski definition) is 1. The van der Waals surface area contributed by atoms with Crippen molar-refractivity contribution in [1.29, 1.82) is 0 Å². The Morgan fingerprint density at radius 3 is 2.30 bits per heavy atom. The molecule has 2 rings (SSSR count). The molecule has 0 bridgehead atoms. The molecule has 2 aromatic rings. The number of methoxy groups -OCH3 is 1. The molecule has 0 aliphatic heterocycles. The van der Waals surface area contributed by atoms with E-state index < -0.39 is 28.1 Å². The van der Waals surface area contributed by atoms with Gasteiger partial charge in [-0.2, -0.15) is 0 Å². The second kappa shape index (κ2) is 6.45. The predicted molar refractivity (Wildman–Crippen MR) is 81.8 cm³/mol. The third-order valence-electron chi connectivity index (χ3n) is 3.13. The Hall–Kier alpha value is -2.93. The van der Waals surface area contributed by atoms with E-state index in [1.165, 1.54) is 25.3 Å². The average molecular weight is 336 g/mol. The first-order chi connectivity index (χ1) is 10.8. The van der Waals surface area contributed by atoms with Crippen LogP contribution in [-0.4, -0.2) is 29.1 Å². The lowest BCUT2D eigenvalue weighted by atomic mass is 10.0. The highest BCUT2D eigenvalue weighted by molar-refractivity contribution is 6.33. The lowest BCUT2D eigenvalue weighted by Gasteiger charge is -2.07. The van der Waals surface area contributed by atoms with Gasteiger partial charge in [0.1, 0.15) is 5.56 Å². The first-order valence-electron chi connectivity index (χ1n) is 6.25. The van der Waals surface area contributed by atoms with E-state index in [2.05, 4.69) is 4.74 Å². The van der Waals surface area contributed by atoms with E-state index in [4.69, 9.17) is 16.7 Å². The monoisotopic (exact) mass is 335 g/mol. The van der Waals surface area contributed by atoms with Crippen molar-refractivity contribution in [2.24, 2.45) is 0 Å². The summed E-state index contributed by atoms with van der Waals surface area (Å²) in [6.07, 6.45) is 0. The number of hydrogen-bond acceptors (Lipinski definition) is 5. The number of nitrogens with zero attached hydrogens (tertiary/aromatic N) is 1. The Morgan fingerprint density at radius 2 is 1.74 bits per heavy atom. The molecule has 0 radical (unpaired) electrons. The maximum absolute atomic E-state index is 11.6. The predicted octanol–water partition coefficient (Wildman–Crippen LogP) is 3.40. The van der Waals surface area contributed by atoms with E-state index in [1.807, 2.05) is 0 Å². The third-order valence-corrected chi connectivity index (χ3v) is 3.46. The molecule has 0 atom stereocenters. The van der Waals surface area contributed by atoms with Crippen LogP contribution in [-0.2, 0) is 4.74 Å². The van der Waals surface area contributed by atoms with Crippen LogP contribution in [0.25, 0.3) is 11.1 Å². The van der Waals surface area contributed by atoms with Gasteiger partial charge in [0.2, 0.25) is 0 Å². The molecular weight excluding hydrogens is 326 g/mol. The van der Waals surface area contributed by atoms with Gasteiger partial charge in [0.15, 0.2) is 0 Å². The summed E-state index contributed by atoms with van der Waals surface area (Å²) in [6.45, 7) is 0. The van der Waals surface area contributed by atoms with Crippen LogP contribution >= 0.6 is 11.6 Å². The molecule has 7 nitrogen and oxygen atoms in total. The van der Waals surface area contributed by atoms with Gasteiger partial charge in [0.05, 0.1) is 22.6 Å². The number of benzene rings is 2. The lowest BCUT2D eigenvalue weighted by Crippen LogP contribution is -2.04. The highest BCUT2D eigenvalue weighted by atomic mass is 35.5. The number of carboxylic acids is 1. The first-order valence-corrected chi connectivity index (χ1v) is 6.63. The highest BCUT2D eigenvalue weighted by Gasteiger charge is 2.21. The van der Waals surface area contributed by atoms with Gasteiger partial charge >= 0.3 is 11.9 Å². The second-order valence-electron chi connectivity index (χ2n) is 4.48. The number of ether oxygens (including phenoxy) is 1. The van der Waals surface area contributed by atoms with Crippen molar-refractivity contribution < 1.29 is 24.4 Å². The number of nitro groups is 1. The van der Waals surface area contributed by atoms with Gasteiger partial charge in [-0.05, 0) is 29.3 Å². The highest BCUT2D eigenvalue weighted by Crippen LogP contribution is 2.30. The summed E-state index contributed by atoms with van der Waals surface area (Å²) in [5, 5.41) is 20.2. The summed E-state index contributed by atoms with van der Waals surface area (Å²) in [7, 11) is 1.21. The SMILES string of the molecule is COC(=O)c1cc(-c2ccc(C(=O)O)c([N+](=O)[O-])c2)ccc1Cl. The quantitative estimate of drug-likeness (QED) is 0.521. The van der Waals surface area contributed by atoms with Crippen LogP contribution in [0.3, 0.4) is 0 Å². The summed E-state index contributed by atoms with van der Waals surface area (Å²) in [4.78, 5) is 32.9. The van der Waals surface area contributed by atoms with Crippen molar-refractivity contribution in [3.05, 3.63) is 62.7 Å². The van der Waals surface area contributed by atoms with Gasteiger partial charge in [0, 0.05) is 6.07 Å². The van der Waals surface area contributed by atoms with Gasteiger partial charge in [-0.1, -0.05) is 23.7 Å². The second-order valence-corrected chi connectivity index (χ2v) is 4.89. The Bertz CT molecular complexity index is 818. The molecule has 8 heteroatoms. The maximum Gasteiger partial charge on any atom is 0.342 e. The largest absolute Gasteiger partial charge is 0.477 e. The molecule has 0 saturated heterocycles. The molecule has 1 N–H and O–H groups in total. The normalized spacial score (nSPS) is 10.2.